The molecule has 3 unspecified atom stereocenters. The van der Waals surface area contributed by atoms with E-state index in [0.717, 1.165) is 0 Å². The van der Waals surface area contributed by atoms with Crippen molar-refractivity contribution in [2.45, 2.75) is 0 Å². The number of hydrogen-bond donors (Lipinski definition) is 3. The average Bonchev–Trinajstić information content (AvgIpc) is 2.19. The molecule has 0 amide bonds. The van der Waals surface area contributed by atoms with Crippen molar-refractivity contribution >= 4 is 50.6 Å². The smallest absolute Gasteiger partial charge is 0.771 e. The molecular weight excluding hydrogens is 303 g/mol. The Kier molecular flexibility index (Phi) is 33.7. The monoisotopic (exact) mass is 312 g/mol. The summed E-state index contributed by atoms with van der Waals surface area (Å²) >= 11 is -6.80. The molecule has 0 aliphatic rings. The van der Waals surface area contributed by atoms with Gasteiger partial charge in [-0.2, -0.15) is 0 Å². The van der Waals surface area contributed by atoms with Crippen LogP contribution in [0.25, 0.3) is 0 Å². The third kappa shape index (κ3) is 61.2. The van der Waals surface area contributed by atoms with E-state index in [2.05, 4.69) is 0 Å². The Morgan fingerprint density at radius 1 is 0.688 bits per heavy atom. The molecule has 0 radical (unpaired) electrons. The van der Waals surface area contributed by atoms with Crippen LogP contribution >= 0.6 is 0 Å². The van der Waals surface area contributed by atoms with E-state index in [1.165, 1.54) is 0 Å². The van der Waals surface area contributed by atoms with Crippen molar-refractivity contribution in [2.24, 2.45) is 0 Å². The van der Waals surface area contributed by atoms with Crippen LogP contribution in [0.3, 0.4) is 0 Å². The van der Waals surface area contributed by atoms with Crippen molar-refractivity contribution in [2.75, 3.05) is 17.8 Å². The zero-order chi connectivity index (χ0) is 12.9. The van der Waals surface area contributed by atoms with Crippen LogP contribution in [0.5, 0.6) is 0 Å². The van der Waals surface area contributed by atoms with Crippen molar-refractivity contribution in [3.63, 3.8) is 0 Å². The quantitative estimate of drug-likeness (QED) is 0.346. The molecule has 0 aliphatic heterocycles. The molecule has 0 aromatic rings. The summed E-state index contributed by atoms with van der Waals surface area (Å²) in [5.41, 5.74) is 0. The van der Waals surface area contributed by atoms with E-state index in [0.29, 0.717) is 0 Å². The second-order valence-electron chi connectivity index (χ2n) is 1.30. The van der Waals surface area contributed by atoms with Crippen LogP contribution in [0.15, 0.2) is 0 Å². The Labute approximate surface area is 110 Å². The molecule has 0 fully saturated rings. The van der Waals surface area contributed by atoms with Gasteiger partial charge in [0.15, 0.2) is 0 Å². The molecule has 13 heteroatoms. The van der Waals surface area contributed by atoms with Crippen molar-refractivity contribution in [1.29, 1.82) is 0 Å². The standard InChI is InChI=1S/3CH4O3S.Al/c3*2-1-5(3)4;/h3*2H,1H2,(H,3,4);/q;;;+3/p-3. The fraction of sp³-hybridized carbons (Fsp3) is 1.00. The molecular formula is C3H9AlO9S3. The van der Waals surface area contributed by atoms with E-state index in [1.807, 2.05) is 0 Å². The Bertz CT molecular complexity index is 165. The second-order valence-corrected chi connectivity index (χ2v) is 3.90. The molecule has 0 aromatic heterocycles. The summed E-state index contributed by atoms with van der Waals surface area (Å²) < 4.78 is 54.7. The van der Waals surface area contributed by atoms with Gasteiger partial charge in [0.2, 0.25) is 0 Å². The topological polar surface area (TPSA) is 181 Å². The summed E-state index contributed by atoms with van der Waals surface area (Å²) in [6, 6.07) is 0. The van der Waals surface area contributed by atoms with Crippen LogP contribution in [0.2, 0.25) is 0 Å². The first-order chi connectivity index (χ1) is 6.81. The third-order valence-electron chi connectivity index (χ3n) is 0.316. The molecule has 0 rings (SSSR count). The fourth-order valence-electron chi connectivity index (χ4n) is 0. The van der Waals surface area contributed by atoms with Crippen molar-refractivity contribution in [3.05, 3.63) is 0 Å². The summed E-state index contributed by atoms with van der Waals surface area (Å²) in [6.07, 6.45) is 0. The summed E-state index contributed by atoms with van der Waals surface area (Å²) in [7, 11) is 0. The predicted octanol–water partition coefficient (Wildman–Crippen LogP) is -3.93. The van der Waals surface area contributed by atoms with Crippen LogP contribution in [0, 0.1) is 0 Å². The average molecular weight is 312 g/mol. The molecule has 0 aromatic carbocycles. The van der Waals surface area contributed by atoms with Gasteiger partial charge >= 0.3 is 17.4 Å². The number of rotatable bonds is 3. The van der Waals surface area contributed by atoms with Gasteiger partial charge in [0.05, 0.1) is 0 Å². The van der Waals surface area contributed by atoms with Gasteiger partial charge in [-0.05, 0) is 33.2 Å². The maximum atomic E-state index is 9.12. The van der Waals surface area contributed by atoms with Crippen molar-refractivity contribution in [1.82, 2.24) is 0 Å². The van der Waals surface area contributed by atoms with Crippen molar-refractivity contribution < 1.29 is 41.6 Å². The summed E-state index contributed by atoms with van der Waals surface area (Å²) in [6.45, 7) is 0. The molecule has 0 bridgehead atoms. The number of aliphatic hydroxyl groups excluding tert-OH is 3. The maximum Gasteiger partial charge on any atom is 3.00 e. The Balaban J connectivity index is -0.0000000655. The second kappa shape index (κ2) is 21.1. The third-order valence-corrected chi connectivity index (χ3v) is 0.949. The van der Waals surface area contributed by atoms with Crippen LogP contribution in [-0.4, -0.2) is 76.8 Å². The largest absolute Gasteiger partial charge is 3.00 e. The molecule has 9 nitrogen and oxygen atoms in total. The zero-order valence-electron chi connectivity index (χ0n) is 7.71. The molecule has 0 aliphatic carbocycles. The molecule has 0 spiro atoms. The van der Waals surface area contributed by atoms with Crippen molar-refractivity contribution in [3.8, 4) is 0 Å². The number of aliphatic hydroxyl groups is 3. The Hall–Kier alpha value is 0.742. The molecule has 0 saturated carbocycles. The van der Waals surface area contributed by atoms with Gasteiger partial charge in [0.1, 0.15) is 17.8 Å². The van der Waals surface area contributed by atoms with Gasteiger partial charge in [-0.3, -0.25) is 12.6 Å². The zero-order valence-corrected chi connectivity index (χ0v) is 11.3. The first-order valence-electron chi connectivity index (χ1n) is 2.81. The summed E-state index contributed by atoms with van der Waals surface area (Å²) in [4.78, 5) is 0. The van der Waals surface area contributed by atoms with Crippen LogP contribution < -0.4 is 0 Å². The van der Waals surface area contributed by atoms with Gasteiger partial charge in [0, 0.05) is 0 Å². The summed E-state index contributed by atoms with van der Waals surface area (Å²) in [5.74, 6) is -2.33. The molecule has 16 heavy (non-hydrogen) atoms. The van der Waals surface area contributed by atoms with Crippen LogP contribution in [0.1, 0.15) is 0 Å². The van der Waals surface area contributed by atoms with E-state index in [1.54, 1.807) is 0 Å². The molecule has 96 valence electrons. The van der Waals surface area contributed by atoms with Gasteiger partial charge in [-0.1, -0.05) is 0 Å². The van der Waals surface area contributed by atoms with E-state index in [4.69, 9.17) is 41.6 Å². The first-order valence-corrected chi connectivity index (χ1v) is 6.55. The van der Waals surface area contributed by atoms with E-state index in [9.17, 15) is 0 Å². The Morgan fingerprint density at radius 3 is 0.750 bits per heavy atom. The van der Waals surface area contributed by atoms with Gasteiger partial charge in [-0.15, -0.1) is 0 Å². The van der Waals surface area contributed by atoms with E-state index >= 15 is 0 Å². The van der Waals surface area contributed by atoms with E-state index in [-0.39, 0.29) is 17.4 Å². The molecule has 3 atom stereocenters. The van der Waals surface area contributed by atoms with Gasteiger partial charge in [0.25, 0.3) is 0 Å². The minimum atomic E-state index is -2.27. The maximum absolute atomic E-state index is 9.12. The first kappa shape index (κ1) is 25.6. The predicted molar refractivity (Wildman–Crippen MR) is 53.8 cm³/mol. The van der Waals surface area contributed by atoms with Crippen LogP contribution in [0.4, 0.5) is 0 Å². The van der Waals surface area contributed by atoms with E-state index < -0.39 is 51.1 Å². The summed E-state index contributed by atoms with van der Waals surface area (Å²) in [5, 5.41) is 22.6. The molecule has 0 heterocycles. The van der Waals surface area contributed by atoms with Crippen LogP contribution in [-0.2, 0) is 33.2 Å². The fourth-order valence-corrected chi connectivity index (χ4v) is 0. The van der Waals surface area contributed by atoms with Gasteiger partial charge in [-0.25, -0.2) is 0 Å². The number of hydrogen-bond acceptors (Lipinski definition) is 9. The normalized spacial score (nSPS) is 13.9. The molecule has 0 saturated heterocycles. The Morgan fingerprint density at radius 2 is 0.750 bits per heavy atom. The minimum absolute atomic E-state index is 0. The minimum Gasteiger partial charge on any atom is -0.771 e. The van der Waals surface area contributed by atoms with Gasteiger partial charge < -0.3 is 29.0 Å². The molecule has 3 N–H and O–H groups in total. The SMILES string of the molecule is O=S([O-])CO.O=S([O-])CO.O=S([O-])CO.[Al+3].